The van der Waals surface area contributed by atoms with Crippen molar-refractivity contribution >= 4 is 0 Å². The topological polar surface area (TPSA) is 18.5 Å². The fourth-order valence-electron chi connectivity index (χ4n) is 1.31. The van der Waals surface area contributed by atoms with Crippen LogP contribution in [0.5, 0.6) is 0 Å². The Hall–Kier alpha value is -0.340. The first-order valence-electron chi connectivity index (χ1n) is 7.57. The highest BCUT2D eigenvalue weighted by Crippen LogP contribution is 2.30. The molecule has 0 unspecified atom stereocenters. The van der Waals surface area contributed by atoms with Gasteiger partial charge in [0, 0.05) is 13.6 Å². The van der Waals surface area contributed by atoms with E-state index in [1.807, 2.05) is 0 Å². The second-order valence-electron chi connectivity index (χ2n) is 4.68. The van der Waals surface area contributed by atoms with Gasteiger partial charge in [0.1, 0.15) is 0 Å². The normalized spacial score (nSPS) is 21.9. The summed E-state index contributed by atoms with van der Waals surface area (Å²) in [5.41, 5.74) is -0.394. The Kier molecular flexibility index (Phi) is 2.69. The van der Waals surface area contributed by atoms with Crippen molar-refractivity contribution in [3.05, 3.63) is 11.1 Å². The van der Waals surface area contributed by atoms with Crippen molar-refractivity contribution in [3.63, 3.8) is 0 Å². The van der Waals surface area contributed by atoms with Gasteiger partial charge in [-0.15, -0.1) is 0 Å². The first-order chi connectivity index (χ1) is 8.48. The summed E-state index contributed by atoms with van der Waals surface area (Å²) in [6.07, 6.45) is 0. The Balaban J connectivity index is 5.44. The van der Waals surface area contributed by atoms with Gasteiger partial charge in [-0.2, -0.15) is 0 Å². The number of methoxy groups -OCH3 is 1. The van der Waals surface area contributed by atoms with Crippen LogP contribution in [-0.2, 0) is 9.47 Å². The standard InChI is InChI=1S/C13H26O2/c1-9-15-13(6,7)11(3)10(2)12(4,5)14-8/h9H2,1-8H3/b11-10-/i8D3,9D2. The quantitative estimate of drug-likeness (QED) is 0.658. The minimum atomic E-state index is -2.49. The summed E-state index contributed by atoms with van der Waals surface area (Å²) < 4.78 is 47.2. The second kappa shape index (κ2) is 5.13. The van der Waals surface area contributed by atoms with Gasteiger partial charge in [0.05, 0.1) is 18.1 Å². The van der Waals surface area contributed by atoms with Crippen LogP contribution < -0.4 is 0 Å². The Labute approximate surface area is 102 Å². The lowest BCUT2D eigenvalue weighted by Gasteiger charge is -2.33. The van der Waals surface area contributed by atoms with Crippen molar-refractivity contribution in [1.82, 2.24) is 0 Å². The molecule has 0 spiro atoms. The molecule has 0 aromatic rings. The molecule has 0 N–H and O–H groups in total. The summed E-state index contributed by atoms with van der Waals surface area (Å²) in [6, 6.07) is 0. The molecule has 15 heavy (non-hydrogen) atoms. The van der Waals surface area contributed by atoms with Crippen LogP contribution in [0.25, 0.3) is 0 Å². The van der Waals surface area contributed by atoms with Gasteiger partial charge >= 0.3 is 0 Å². The van der Waals surface area contributed by atoms with E-state index >= 15 is 0 Å². The molecule has 0 bridgehead atoms. The molecule has 2 heteroatoms. The zero-order valence-electron chi connectivity index (χ0n) is 15.8. The summed E-state index contributed by atoms with van der Waals surface area (Å²) in [5, 5.41) is 0. The Bertz CT molecular complexity index is 339. The molecule has 0 amide bonds. The van der Waals surface area contributed by atoms with Crippen LogP contribution in [0, 0.1) is 0 Å². The van der Waals surface area contributed by atoms with Crippen LogP contribution in [0.15, 0.2) is 11.1 Å². The van der Waals surface area contributed by atoms with Crippen LogP contribution in [-0.4, -0.2) is 24.8 Å². The molecule has 0 heterocycles. The summed E-state index contributed by atoms with van der Waals surface area (Å²) in [6.45, 7) is 9.98. The maximum atomic E-state index is 7.52. The molecule has 0 saturated heterocycles. The maximum absolute atomic E-state index is 7.52. The predicted octanol–water partition coefficient (Wildman–Crippen LogP) is 3.56. The molecule has 0 aromatic heterocycles. The summed E-state index contributed by atoms with van der Waals surface area (Å²) in [4.78, 5) is 0. The smallest absolute Gasteiger partial charge is 0.0836 e. The van der Waals surface area contributed by atoms with Gasteiger partial charge in [-0.05, 0) is 59.6 Å². The molecule has 0 fully saturated rings. The van der Waals surface area contributed by atoms with E-state index in [2.05, 4.69) is 0 Å². The third-order valence-corrected chi connectivity index (χ3v) is 2.98. The lowest BCUT2D eigenvalue weighted by atomic mass is 9.87. The van der Waals surface area contributed by atoms with E-state index in [1.54, 1.807) is 41.5 Å². The minimum absolute atomic E-state index is 0.711. The van der Waals surface area contributed by atoms with Crippen molar-refractivity contribution in [2.45, 2.75) is 59.7 Å². The Morgan fingerprint density at radius 1 is 1.13 bits per heavy atom. The number of hydrogen-bond donors (Lipinski definition) is 0. The maximum Gasteiger partial charge on any atom is 0.0836 e. The zero-order valence-corrected chi connectivity index (χ0v) is 10.8. The van der Waals surface area contributed by atoms with Gasteiger partial charge in [0.15, 0.2) is 0 Å². The van der Waals surface area contributed by atoms with E-state index in [0.717, 1.165) is 5.57 Å². The molecule has 0 aliphatic heterocycles. The summed E-state index contributed by atoms with van der Waals surface area (Å²) >= 11 is 0. The fraction of sp³-hybridized carbons (Fsp3) is 0.846. The van der Waals surface area contributed by atoms with E-state index in [1.165, 1.54) is 6.92 Å². The molecular weight excluding hydrogens is 188 g/mol. The monoisotopic (exact) mass is 219 g/mol. The molecule has 2 nitrogen and oxygen atoms in total. The number of rotatable bonds is 5. The van der Waals surface area contributed by atoms with Gasteiger partial charge < -0.3 is 9.47 Å². The summed E-state index contributed by atoms with van der Waals surface area (Å²) in [5.74, 6) is 0. The van der Waals surface area contributed by atoms with E-state index in [9.17, 15) is 0 Å². The first kappa shape index (κ1) is 7.86. The van der Waals surface area contributed by atoms with Crippen molar-refractivity contribution < 1.29 is 16.3 Å². The summed E-state index contributed by atoms with van der Waals surface area (Å²) in [7, 11) is -2.49. The average Bonchev–Trinajstić information content (AvgIpc) is 2.07. The Morgan fingerprint density at radius 2 is 1.60 bits per heavy atom. The van der Waals surface area contributed by atoms with E-state index < -0.39 is 24.8 Å². The average molecular weight is 219 g/mol. The SMILES string of the molecule is [2H]C([2H])([2H])OC(C)(C)/C(C)=C(/C)C(C)(C)OC([2H])([2H])C. The largest absolute Gasteiger partial charge is 0.374 e. The van der Waals surface area contributed by atoms with Crippen LogP contribution in [0.1, 0.15) is 55.3 Å². The molecule has 90 valence electrons. The van der Waals surface area contributed by atoms with Crippen LogP contribution in [0.3, 0.4) is 0 Å². The zero-order chi connectivity index (χ0) is 16.6. The van der Waals surface area contributed by atoms with Crippen molar-refractivity contribution in [3.8, 4) is 0 Å². The van der Waals surface area contributed by atoms with Gasteiger partial charge in [0.2, 0.25) is 0 Å². The van der Waals surface area contributed by atoms with Crippen molar-refractivity contribution in [2.75, 3.05) is 13.6 Å². The van der Waals surface area contributed by atoms with Gasteiger partial charge in [-0.25, -0.2) is 0 Å². The molecule has 0 rings (SSSR count). The van der Waals surface area contributed by atoms with Crippen molar-refractivity contribution in [1.29, 1.82) is 0 Å². The van der Waals surface area contributed by atoms with E-state index in [0.29, 0.717) is 5.57 Å². The third-order valence-electron chi connectivity index (χ3n) is 2.98. The lowest BCUT2D eigenvalue weighted by molar-refractivity contribution is 0.0110. The van der Waals surface area contributed by atoms with Gasteiger partial charge in [-0.3, -0.25) is 0 Å². The number of hydrogen-bond acceptors (Lipinski definition) is 2. The van der Waals surface area contributed by atoms with Crippen LogP contribution >= 0.6 is 0 Å². The highest BCUT2D eigenvalue weighted by atomic mass is 16.5. The first-order valence-corrected chi connectivity index (χ1v) is 5.07. The minimum Gasteiger partial charge on any atom is -0.374 e. The fourth-order valence-corrected chi connectivity index (χ4v) is 1.31. The third kappa shape index (κ3) is 3.62. The number of ether oxygens (including phenoxy) is 2. The second-order valence-corrected chi connectivity index (χ2v) is 4.68. The molecule has 0 saturated carbocycles. The highest BCUT2D eigenvalue weighted by molar-refractivity contribution is 5.25. The van der Waals surface area contributed by atoms with E-state index in [-0.39, 0.29) is 0 Å². The molecule has 0 aromatic carbocycles. The van der Waals surface area contributed by atoms with Crippen LogP contribution in [0.2, 0.25) is 0 Å². The van der Waals surface area contributed by atoms with E-state index in [4.69, 9.17) is 16.3 Å². The Morgan fingerprint density at radius 3 is 2.00 bits per heavy atom. The molecular formula is C13H26O2. The lowest BCUT2D eigenvalue weighted by Crippen LogP contribution is -2.32. The van der Waals surface area contributed by atoms with Gasteiger partial charge in [0.25, 0.3) is 0 Å². The molecule has 0 atom stereocenters. The predicted molar refractivity (Wildman–Crippen MR) is 65.2 cm³/mol. The molecule has 0 radical (unpaired) electrons. The molecule has 0 aliphatic rings. The molecule has 0 aliphatic carbocycles. The van der Waals surface area contributed by atoms with Crippen LogP contribution in [0.4, 0.5) is 0 Å². The highest BCUT2D eigenvalue weighted by Gasteiger charge is 2.28. The van der Waals surface area contributed by atoms with Crippen molar-refractivity contribution in [2.24, 2.45) is 0 Å². The van der Waals surface area contributed by atoms with Gasteiger partial charge in [-0.1, -0.05) is 0 Å².